The molecule has 1 saturated carbocycles. The number of nitrogens with zero attached hydrogens (tertiary/aromatic N) is 5. The van der Waals surface area contributed by atoms with Gasteiger partial charge in [0.2, 0.25) is 11.7 Å². The first-order valence-corrected chi connectivity index (χ1v) is 9.57. The molecule has 3 aromatic rings. The summed E-state index contributed by atoms with van der Waals surface area (Å²) in [6.07, 6.45) is 6.88. The van der Waals surface area contributed by atoms with Gasteiger partial charge in [-0.1, -0.05) is 0 Å². The molecule has 154 valence electrons. The summed E-state index contributed by atoms with van der Waals surface area (Å²) in [7, 11) is 0. The van der Waals surface area contributed by atoms with Gasteiger partial charge >= 0.3 is 5.92 Å². The molecule has 1 spiro atoms. The van der Waals surface area contributed by atoms with Gasteiger partial charge in [0.25, 0.3) is 0 Å². The Morgan fingerprint density at radius 2 is 2.07 bits per heavy atom. The van der Waals surface area contributed by atoms with E-state index in [2.05, 4.69) is 30.5 Å². The minimum absolute atomic E-state index is 0.0489. The Hall–Kier alpha value is -3.43. The summed E-state index contributed by atoms with van der Waals surface area (Å²) in [5, 5.41) is 9.25. The van der Waals surface area contributed by atoms with E-state index in [-0.39, 0.29) is 11.3 Å². The molecule has 0 atom stereocenters. The Morgan fingerprint density at radius 3 is 2.70 bits per heavy atom. The summed E-state index contributed by atoms with van der Waals surface area (Å²) in [6.45, 7) is 2.81. The van der Waals surface area contributed by atoms with Crippen molar-refractivity contribution in [3.8, 4) is 11.3 Å². The molecule has 0 radical (unpaired) electrons. The van der Waals surface area contributed by atoms with E-state index in [0.717, 1.165) is 31.0 Å². The maximum absolute atomic E-state index is 14.2. The van der Waals surface area contributed by atoms with Gasteiger partial charge in [0, 0.05) is 61.5 Å². The summed E-state index contributed by atoms with van der Waals surface area (Å²) in [5.41, 5.74) is 2.77. The number of nitrogens with one attached hydrogen (secondary N) is 2. The van der Waals surface area contributed by atoms with Gasteiger partial charge in [-0.15, -0.1) is 0 Å². The van der Waals surface area contributed by atoms with E-state index in [1.54, 1.807) is 24.5 Å². The highest BCUT2D eigenvalue weighted by Crippen LogP contribution is 2.58. The molecule has 4 heterocycles. The Labute approximate surface area is 170 Å². The maximum atomic E-state index is 14.2. The van der Waals surface area contributed by atoms with Gasteiger partial charge in [-0.25, -0.2) is 15.0 Å². The first kappa shape index (κ1) is 18.6. The molecule has 0 unspecified atom stereocenters. The van der Waals surface area contributed by atoms with Crippen LogP contribution in [-0.2, 0) is 16.1 Å². The second-order valence-electron chi connectivity index (χ2n) is 7.94. The number of fused-ring (bicyclic) bond motifs is 2. The molecular formula is C20H19F2N7O. The van der Waals surface area contributed by atoms with Gasteiger partial charge in [-0.3, -0.25) is 9.89 Å². The number of carbonyl (C=O) groups excluding carboxylic acids is 1. The van der Waals surface area contributed by atoms with Crippen molar-refractivity contribution in [1.29, 1.82) is 0 Å². The molecule has 1 aliphatic carbocycles. The lowest BCUT2D eigenvalue weighted by atomic mass is 10.0. The summed E-state index contributed by atoms with van der Waals surface area (Å²) < 4.78 is 28.4. The van der Waals surface area contributed by atoms with Crippen LogP contribution >= 0.6 is 0 Å². The summed E-state index contributed by atoms with van der Waals surface area (Å²) in [6, 6.07) is 3.46. The molecule has 3 aromatic heterocycles. The molecule has 1 amide bonds. The molecule has 0 bridgehead atoms. The van der Waals surface area contributed by atoms with E-state index >= 15 is 0 Å². The van der Waals surface area contributed by atoms with Crippen LogP contribution in [0.3, 0.4) is 0 Å². The number of aromatic amines is 1. The van der Waals surface area contributed by atoms with Gasteiger partial charge in [-0.2, -0.15) is 13.9 Å². The minimum atomic E-state index is -3.20. The summed E-state index contributed by atoms with van der Waals surface area (Å²) in [4.78, 5) is 26.0. The van der Waals surface area contributed by atoms with Crippen LogP contribution < -0.4 is 10.2 Å². The number of amides is 1. The molecule has 5 rings (SSSR count). The smallest absolute Gasteiger partial charge is 0.303 e. The average molecular weight is 411 g/mol. The van der Waals surface area contributed by atoms with Gasteiger partial charge in [0.15, 0.2) is 0 Å². The summed E-state index contributed by atoms with van der Waals surface area (Å²) in [5.74, 6) is -3.19. The van der Waals surface area contributed by atoms with Crippen molar-refractivity contribution in [2.75, 3.05) is 16.8 Å². The van der Waals surface area contributed by atoms with E-state index in [9.17, 15) is 13.6 Å². The van der Waals surface area contributed by atoms with Crippen molar-refractivity contribution < 1.29 is 13.6 Å². The third kappa shape index (κ3) is 3.08. The zero-order valence-electron chi connectivity index (χ0n) is 16.4. The van der Waals surface area contributed by atoms with E-state index < -0.39 is 11.7 Å². The minimum Gasteiger partial charge on any atom is -0.325 e. The zero-order valence-corrected chi connectivity index (χ0v) is 16.4. The third-order valence-corrected chi connectivity index (χ3v) is 5.54. The largest absolute Gasteiger partial charge is 0.325 e. The van der Waals surface area contributed by atoms with Gasteiger partial charge in [0.1, 0.15) is 11.6 Å². The number of pyridine rings is 1. The molecule has 0 aromatic carbocycles. The van der Waals surface area contributed by atoms with Crippen molar-refractivity contribution in [2.24, 2.45) is 0 Å². The number of hydrogen-bond donors (Lipinski definition) is 2. The fourth-order valence-corrected chi connectivity index (χ4v) is 3.89. The number of alkyl halides is 2. The lowest BCUT2D eigenvalue weighted by Crippen LogP contribution is -2.22. The Balaban J connectivity index is 1.64. The lowest BCUT2D eigenvalue weighted by Gasteiger charge is -2.21. The fourth-order valence-electron chi connectivity index (χ4n) is 3.89. The first-order valence-electron chi connectivity index (χ1n) is 9.57. The highest BCUT2D eigenvalue weighted by atomic mass is 19.3. The van der Waals surface area contributed by atoms with Crippen LogP contribution in [0.15, 0.2) is 30.7 Å². The number of carbonyl (C=O) groups is 1. The van der Waals surface area contributed by atoms with E-state index in [0.29, 0.717) is 29.4 Å². The molecule has 1 fully saturated rings. The predicted octanol–water partition coefficient (Wildman–Crippen LogP) is 3.52. The molecule has 0 saturated heterocycles. The zero-order chi connectivity index (χ0) is 21.1. The Morgan fingerprint density at radius 1 is 1.27 bits per heavy atom. The second kappa shape index (κ2) is 6.28. The third-order valence-electron chi connectivity index (χ3n) is 5.54. The van der Waals surface area contributed by atoms with E-state index in [1.807, 2.05) is 4.90 Å². The van der Waals surface area contributed by atoms with Crippen LogP contribution in [0.2, 0.25) is 0 Å². The molecular weight excluding hydrogens is 392 g/mol. The van der Waals surface area contributed by atoms with E-state index in [1.165, 1.54) is 13.1 Å². The Kier molecular flexibility index (Phi) is 3.89. The number of halogens is 2. The SMILES string of the molecule is CC(=O)Nc1cc2c(cn1)C1(CC1)CN2c1cc(-c2cn[nH]c2)nc(C(C)(F)F)n1. The number of anilines is 3. The molecule has 1 aliphatic heterocycles. The van der Waals surface area contributed by atoms with Crippen molar-refractivity contribution in [3.05, 3.63) is 42.1 Å². The van der Waals surface area contributed by atoms with Gasteiger partial charge in [-0.05, 0) is 12.8 Å². The number of rotatable bonds is 4. The topological polar surface area (TPSA) is 99.7 Å². The predicted molar refractivity (Wildman–Crippen MR) is 106 cm³/mol. The Bertz CT molecular complexity index is 1140. The molecule has 2 N–H and O–H groups in total. The van der Waals surface area contributed by atoms with Crippen molar-refractivity contribution in [1.82, 2.24) is 25.1 Å². The maximum Gasteiger partial charge on any atom is 0.303 e. The molecule has 8 nitrogen and oxygen atoms in total. The fraction of sp³-hybridized carbons (Fsp3) is 0.350. The lowest BCUT2D eigenvalue weighted by molar-refractivity contribution is -0.114. The van der Waals surface area contributed by atoms with Crippen LogP contribution in [0, 0.1) is 0 Å². The molecule has 30 heavy (non-hydrogen) atoms. The monoisotopic (exact) mass is 411 g/mol. The number of H-pyrrole nitrogens is 1. The highest BCUT2D eigenvalue weighted by molar-refractivity contribution is 5.89. The van der Waals surface area contributed by atoms with Gasteiger partial charge in [0.05, 0.1) is 17.6 Å². The molecule has 10 heteroatoms. The normalized spacial score (nSPS) is 16.6. The molecule has 2 aliphatic rings. The quantitative estimate of drug-likeness (QED) is 0.682. The van der Waals surface area contributed by atoms with Crippen LogP contribution in [0.5, 0.6) is 0 Å². The second-order valence-corrected chi connectivity index (χ2v) is 7.94. The van der Waals surface area contributed by atoms with Crippen molar-refractivity contribution in [2.45, 2.75) is 38.0 Å². The number of hydrogen-bond acceptors (Lipinski definition) is 6. The van der Waals surface area contributed by atoms with Crippen LogP contribution in [0.25, 0.3) is 11.3 Å². The van der Waals surface area contributed by atoms with Crippen LogP contribution in [0.4, 0.5) is 26.1 Å². The van der Waals surface area contributed by atoms with Crippen LogP contribution in [0.1, 0.15) is 38.1 Å². The summed E-state index contributed by atoms with van der Waals surface area (Å²) >= 11 is 0. The average Bonchev–Trinajstić information content (AvgIpc) is 3.11. The van der Waals surface area contributed by atoms with Crippen LogP contribution in [-0.4, -0.2) is 37.6 Å². The van der Waals surface area contributed by atoms with E-state index in [4.69, 9.17) is 0 Å². The first-order chi connectivity index (χ1) is 14.2. The standard InChI is InChI=1S/C20H19F2N7O/c1-11(30)26-16-6-15-13(9-23-16)20(3-4-20)10-29(15)17-5-14(12-7-24-25-8-12)27-18(28-17)19(2,21)22/h5-9H,3-4,10H2,1-2H3,(H,24,25)(H,23,26,30). The van der Waals surface area contributed by atoms with Crippen molar-refractivity contribution in [3.63, 3.8) is 0 Å². The van der Waals surface area contributed by atoms with Crippen molar-refractivity contribution >= 4 is 23.2 Å². The van der Waals surface area contributed by atoms with Gasteiger partial charge < -0.3 is 10.2 Å². The highest BCUT2D eigenvalue weighted by Gasteiger charge is 2.52. The number of aromatic nitrogens is 5.